The van der Waals surface area contributed by atoms with E-state index in [0.717, 1.165) is 5.56 Å². The zero-order valence-corrected chi connectivity index (χ0v) is 13.0. The maximum atomic E-state index is 6.17. The SMILES string of the molecule is C[C@H](NCc1nc(N(C)C)no1)c1ccc(Cl)cc1Cl. The fraction of sp³-hybridized carbons (Fsp3) is 0.385. The predicted molar refractivity (Wildman–Crippen MR) is 80.3 cm³/mol. The number of rotatable bonds is 5. The minimum Gasteiger partial charge on any atom is -0.344 e. The molecule has 1 heterocycles. The zero-order chi connectivity index (χ0) is 14.7. The number of aromatic nitrogens is 2. The second kappa shape index (κ2) is 6.43. The van der Waals surface area contributed by atoms with E-state index < -0.39 is 0 Å². The third-order valence-corrected chi connectivity index (χ3v) is 3.41. The summed E-state index contributed by atoms with van der Waals surface area (Å²) in [4.78, 5) is 6.03. The quantitative estimate of drug-likeness (QED) is 0.917. The number of hydrogen-bond acceptors (Lipinski definition) is 5. The van der Waals surface area contributed by atoms with Crippen LogP contribution in [0.5, 0.6) is 0 Å². The van der Waals surface area contributed by atoms with Gasteiger partial charge in [0.2, 0.25) is 5.89 Å². The number of nitrogens with one attached hydrogen (secondary N) is 1. The van der Waals surface area contributed by atoms with Gasteiger partial charge in [0.15, 0.2) is 0 Å². The van der Waals surface area contributed by atoms with E-state index in [9.17, 15) is 0 Å². The monoisotopic (exact) mass is 314 g/mol. The number of anilines is 1. The summed E-state index contributed by atoms with van der Waals surface area (Å²) in [6, 6.07) is 5.50. The summed E-state index contributed by atoms with van der Waals surface area (Å²) in [7, 11) is 3.72. The molecule has 5 nitrogen and oxygen atoms in total. The van der Waals surface area contributed by atoms with Crippen LogP contribution in [0, 0.1) is 0 Å². The van der Waals surface area contributed by atoms with Gasteiger partial charge in [0.05, 0.1) is 6.54 Å². The fourth-order valence-electron chi connectivity index (χ4n) is 1.70. The van der Waals surface area contributed by atoms with Crippen LogP contribution in [0.4, 0.5) is 5.95 Å². The van der Waals surface area contributed by atoms with E-state index in [1.165, 1.54) is 0 Å². The van der Waals surface area contributed by atoms with Crippen LogP contribution in [0.25, 0.3) is 0 Å². The molecule has 2 aromatic rings. The largest absolute Gasteiger partial charge is 0.344 e. The standard InChI is InChI=1S/C13H16Cl2N4O/c1-8(10-5-4-9(14)6-11(10)15)16-7-12-17-13(18-20-12)19(2)3/h4-6,8,16H,7H2,1-3H3/t8-/m0/s1. The van der Waals surface area contributed by atoms with E-state index in [4.69, 9.17) is 27.7 Å². The number of benzene rings is 1. The Morgan fingerprint density at radius 1 is 1.35 bits per heavy atom. The van der Waals surface area contributed by atoms with Crippen molar-refractivity contribution in [3.8, 4) is 0 Å². The predicted octanol–water partition coefficient (Wildman–Crippen LogP) is 3.29. The third-order valence-electron chi connectivity index (χ3n) is 2.85. The summed E-state index contributed by atoms with van der Waals surface area (Å²) in [5.74, 6) is 1.09. The average Bonchev–Trinajstić information content (AvgIpc) is 2.85. The van der Waals surface area contributed by atoms with Gasteiger partial charge in [-0.1, -0.05) is 29.3 Å². The van der Waals surface area contributed by atoms with Crippen LogP contribution in [0.15, 0.2) is 22.7 Å². The maximum Gasteiger partial charge on any atom is 0.265 e. The highest BCUT2D eigenvalue weighted by molar-refractivity contribution is 6.35. The van der Waals surface area contributed by atoms with E-state index in [-0.39, 0.29) is 6.04 Å². The van der Waals surface area contributed by atoms with E-state index in [1.807, 2.05) is 33.2 Å². The van der Waals surface area contributed by atoms with Crippen LogP contribution in [-0.4, -0.2) is 24.2 Å². The molecular weight excluding hydrogens is 299 g/mol. The summed E-state index contributed by atoms with van der Waals surface area (Å²) in [6.07, 6.45) is 0. The van der Waals surface area contributed by atoms with Gasteiger partial charge in [0.1, 0.15) is 0 Å². The van der Waals surface area contributed by atoms with Gasteiger partial charge in [-0.2, -0.15) is 4.98 Å². The molecule has 0 radical (unpaired) electrons. The molecule has 0 aliphatic rings. The average molecular weight is 315 g/mol. The lowest BCUT2D eigenvalue weighted by atomic mass is 10.1. The Hall–Kier alpha value is -1.30. The number of halogens is 2. The topological polar surface area (TPSA) is 54.2 Å². The minimum atomic E-state index is 0.0504. The van der Waals surface area contributed by atoms with E-state index >= 15 is 0 Å². The molecule has 0 aliphatic carbocycles. The van der Waals surface area contributed by atoms with Gasteiger partial charge in [-0.25, -0.2) is 0 Å². The Balaban J connectivity index is 1.99. The highest BCUT2D eigenvalue weighted by Crippen LogP contribution is 2.26. The van der Waals surface area contributed by atoms with Crippen molar-refractivity contribution in [1.29, 1.82) is 0 Å². The molecule has 20 heavy (non-hydrogen) atoms. The van der Waals surface area contributed by atoms with Crippen LogP contribution in [-0.2, 0) is 6.54 Å². The highest BCUT2D eigenvalue weighted by Gasteiger charge is 2.12. The molecule has 0 amide bonds. The number of nitrogens with zero attached hydrogens (tertiary/aromatic N) is 3. The molecule has 0 aliphatic heterocycles. The highest BCUT2D eigenvalue weighted by atomic mass is 35.5. The molecule has 108 valence electrons. The van der Waals surface area contributed by atoms with Gasteiger partial charge in [0, 0.05) is 30.2 Å². The summed E-state index contributed by atoms with van der Waals surface area (Å²) in [6.45, 7) is 2.49. The smallest absolute Gasteiger partial charge is 0.265 e. The lowest BCUT2D eigenvalue weighted by Gasteiger charge is -2.14. The first-order valence-electron chi connectivity index (χ1n) is 6.15. The van der Waals surface area contributed by atoms with Crippen molar-refractivity contribution in [2.45, 2.75) is 19.5 Å². The molecule has 1 aromatic heterocycles. The van der Waals surface area contributed by atoms with E-state index in [2.05, 4.69) is 15.5 Å². The van der Waals surface area contributed by atoms with Gasteiger partial charge in [-0.05, 0) is 29.8 Å². The molecule has 0 saturated heterocycles. The summed E-state index contributed by atoms with van der Waals surface area (Å²) < 4.78 is 5.14. The molecule has 0 fully saturated rings. The van der Waals surface area contributed by atoms with Crippen LogP contribution >= 0.6 is 23.2 Å². The maximum absolute atomic E-state index is 6.17. The van der Waals surface area contributed by atoms with Crippen molar-refractivity contribution in [2.24, 2.45) is 0 Å². The van der Waals surface area contributed by atoms with Gasteiger partial charge in [0.25, 0.3) is 5.95 Å². The van der Waals surface area contributed by atoms with Crippen LogP contribution in [0.1, 0.15) is 24.4 Å². The van der Waals surface area contributed by atoms with Crippen molar-refractivity contribution in [3.63, 3.8) is 0 Å². The molecule has 1 N–H and O–H groups in total. The Morgan fingerprint density at radius 3 is 2.70 bits per heavy atom. The van der Waals surface area contributed by atoms with Crippen molar-refractivity contribution >= 4 is 29.2 Å². The second-order valence-corrected chi connectivity index (χ2v) is 5.49. The fourth-order valence-corrected chi connectivity index (χ4v) is 2.27. The van der Waals surface area contributed by atoms with Gasteiger partial charge >= 0.3 is 0 Å². The van der Waals surface area contributed by atoms with Gasteiger partial charge in [-0.3, -0.25) is 0 Å². The van der Waals surface area contributed by atoms with Crippen molar-refractivity contribution in [1.82, 2.24) is 15.5 Å². The Morgan fingerprint density at radius 2 is 2.10 bits per heavy atom. The van der Waals surface area contributed by atoms with Crippen LogP contribution < -0.4 is 10.2 Å². The summed E-state index contributed by atoms with van der Waals surface area (Å²) in [5.41, 5.74) is 0.975. The first-order valence-corrected chi connectivity index (χ1v) is 6.91. The molecule has 0 unspecified atom stereocenters. The molecule has 0 spiro atoms. The number of hydrogen-bond donors (Lipinski definition) is 1. The molecule has 1 atom stereocenters. The molecular formula is C13H16Cl2N4O. The normalized spacial score (nSPS) is 12.4. The molecule has 2 rings (SSSR count). The molecule has 1 aromatic carbocycles. The Kier molecular flexibility index (Phi) is 4.86. The van der Waals surface area contributed by atoms with Gasteiger partial charge < -0.3 is 14.7 Å². The second-order valence-electron chi connectivity index (χ2n) is 4.65. The lowest BCUT2D eigenvalue weighted by molar-refractivity contribution is 0.360. The minimum absolute atomic E-state index is 0.0504. The molecule has 0 saturated carbocycles. The third kappa shape index (κ3) is 3.62. The first kappa shape index (κ1) is 15.1. The Bertz CT molecular complexity index is 586. The van der Waals surface area contributed by atoms with Crippen molar-refractivity contribution in [2.75, 3.05) is 19.0 Å². The molecule has 7 heteroatoms. The molecule has 0 bridgehead atoms. The lowest BCUT2D eigenvalue weighted by Crippen LogP contribution is -2.18. The summed E-state index contributed by atoms with van der Waals surface area (Å²) >= 11 is 12.1. The van der Waals surface area contributed by atoms with Gasteiger partial charge in [-0.15, -0.1) is 0 Å². The van der Waals surface area contributed by atoms with Crippen molar-refractivity contribution in [3.05, 3.63) is 39.7 Å². The summed E-state index contributed by atoms with van der Waals surface area (Å²) in [5, 5.41) is 8.40. The zero-order valence-electron chi connectivity index (χ0n) is 11.5. The van der Waals surface area contributed by atoms with Crippen molar-refractivity contribution < 1.29 is 4.52 Å². The van der Waals surface area contributed by atoms with E-state index in [1.54, 1.807) is 11.0 Å². The van der Waals surface area contributed by atoms with Crippen LogP contribution in [0.3, 0.4) is 0 Å². The van der Waals surface area contributed by atoms with Crippen LogP contribution in [0.2, 0.25) is 10.0 Å². The first-order chi connectivity index (χ1) is 9.47. The Labute approximate surface area is 127 Å². The van der Waals surface area contributed by atoms with E-state index in [0.29, 0.717) is 28.4 Å².